The van der Waals surface area contributed by atoms with Crippen molar-refractivity contribution in [2.45, 2.75) is 31.4 Å². The normalized spacial score (nSPS) is 13.6. The van der Waals surface area contributed by atoms with E-state index in [1.807, 2.05) is 6.92 Å². The van der Waals surface area contributed by atoms with Gasteiger partial charge in [0.15, 0.2) is 5.13 Å². The predicted molar refractivity (Wildman–Crippen MR) is 116 cm³/mol. The summed E-state index contributed by atoms with van der Waals surface area (Å²) in [6, 6.07) is 3.12. The number of thiazole rings is 1. The topological polar surface area (TPSA) is 136 Å². The second-order valence-corrected chi connectivity index (χ2v) is 9.80. The Morgan fingerprint density at radius 1 is 1.26 bits per heavy atom. The summed E-state index contributed by atoms with van der Waals surface area (Å²) >= 11 is 1.26. The van der Waals surface area contributed by atoms with Gasteiger partial charge in [0.25, 0.3) is 0 Å². The molecule has 0 spiro atoms. The summed E-state index contributed by atoms with van der Waals surface area (Å²) in [6.07, 6.45) is 7.53. The summed E-state index contributed by atoms with van der Waals surface area (Å²) in [5.74, 6) is 0.104. The zero-order valence-corrected chi connectivity index (χ0v) is 18.2. The van der Waals surface area contributed by atoms with Crippen molar-refractivity contribution in [2.24, 2.45) is 0 Å². The van der Waals surface area contributed by atoms with Crippen LogP contribution < -0.4 is 14.8 Å². The highest BCUT2D eigenvalue weighted by Crippen LogP contribution is 2.30. The summed E-state index contributed by atoms with van der Waals surface area (Å²) in [5.41, 5.74) is 1.44. The van der Waals surface area contributed by atoms with Gasteiger partial charge in [-0.25, -0.2) is 18.4 Å². The fourth-order valence-corrected chi connectivity index (χ4v) is 4.89. The van der Waals surface area contributed by atoms with Gasteiger partial charge in [-0.05, 0) is 31.9 Å². The standard InChI is InChI=1S/C19H20N6O4S2/c1-2-29-18-11-20-9-15(23-18)16-10-22-19(30-16)24-17(26)8-13-7-12(5-6-21-13)25-31(27,28)14-3-4-14/h5-7,9-11,14H,2-4,8H2,1H3,(H,21,25)(H,22,24,26). The SMILES string of the molecule is CCOc1cncc(-c2cnc(NC(=O)Cc3cc(NS(=O)(=O)C4CC4)ccn3)s2)n1. The van der Waals surface area contributed by atoms with Crippen molar-refractivity contribution in [1.29, 1.82) is 0 Å². The molecule has 1 aliphatic carbocycles. The maximum Gasteiger partial charge on any atom is 0.235 e. The molecule has 3 aromatic rings. The Balaban J connectivity index is 1.38. The van der Waals surface area contributed by atoms with E-state index >= 15 is 0 Å². The molecule has 1 saturated carbocycles. The lowest BCUT2D eigenvalue weighted by Gasteiger charge is -2.08. The third-order valence-electron chi connectivity index (χ3n) is 4.29. The molecule has 10 nitrogen and oxygen atoms in total. The molecule has 0 aromatic carbocycles. The summed E-state index contributed by atoms with van der Waals surface area (Å²) in [4.78, 5) is 30.0. The number of hydrogen-bond acceptors (Lipinski definition) is 9. The Hall–Kier alpha value is -3.12. The molecule has 0 atom stereocenters. The van der Waals surface area contributed by atoms with E-state index in [9.17, 15) is 13.2 Å². The smallest absolute Gasteiger partial charge is 0.235 e. The highest BCUT2D eigenvalue weighted by molar-refractivity contribution is 7.93. The first kappa shape index (κ1) is 21.1. The molecule has 4 rings (SSSR count). The minimum Gasteiger partial charge on any atom is -0.477 e. The fourth-order valence-electron chi connectivity index (χ4n) is 2.73. The molecule has 0 saturated heterocycles. The largest absolute Gasteiger partial charge is 0.477 e. The van der Waals surface area contributed by atoms with Crippen LogP contribution in [0.15, 0.2) is 36.9 Å². The average Bonchev–Trinajstić information content (AvgIpc) is 3.49. The van der Waals surface area contributed by atoms with E-state index in [1.54, 1.807) is 24.5 Å². The first-order chi connectivity index (χ1) is 14.9. The monoisotopic (exact) mass is 460 g/mol. The van der Waals surface area contributed by atoms with Crippen molar-refractivity contribution < 1.29 is 17.9 Å². The van der Waals surface area contributed by atoms with Crippen molar-refractivity contribution in [3.05, 3.63) is 42.6 Å². The highest BCUT2D eigenvalue weighted by Gasteiger charge is 2.35. The molecule has 2 N–H and O–H groups in total. The Kier molecular flexibility index (Phi) is 6.09. The van der Waals surface area contributed by atoms with Crippen molar-refractivity contribution in [3.63, 3.8) is 0 Å². The number of hydrogen-bond donors (Lipinski definition) is 2. The van der Waals surface area contributed by atoms with Gasteiger partial charge in [-0.3, -0.25) is 19.5 Å². The third-order valence-corrected chi connectivity index (χ3v) is 7.10. The van der Waals surface area contributed by atoms with E-state index < -0.39 is 10.0 Å². The molecule has 0 aliphatic heterocycles. The Labute approximate surface area is 183 Å². The van der Waals surface area contributed by atoms with E-state index in [2.05, 4.69) is 30.0 Å². The number of sulfonamides is 1. The van der Waals surface area contributed by atoms with E-state index in [-0.39, 0.29) is 17.6 Å². The average molecular weight is 461 g/mol. The molecule has 162 valence electrons. The molecule has 3 heterocycles. The van der Waals surface area contributed by atoms with Crippen molar-refractivity contribution in [1.82, 2.24) is 19.9 Å². The Morgan fingerprint density at radius 3 is 2.87 bits per heavy atom. The zero-order valence-electron chi connectivity index (χ0n) is 16.6. The van der Waals surface area contributed by atoms with Crippen LogP contribution in [0.5, 0.6) is 5.88 Å². The molecule has 1 fully saturated rings. The number of aromatic nitrogens is 4. The molecular formula is C19H20N6O4S2. The van der Waals surface area contributed by atoms with Gasteiger partial charge in [0.05, 0.1) is 46.9 Å². The van der Waals surface area contributed by atoms with Crippen LogP contribution in [-0.2, 0) is 21.2 Å². The molecule has 0 bridgehead atoms. The van der Waals surface area contributed by atoms with Gasteiger partial charge < -0.3 is 10.1 Å². The van der Waals surface area contributed by atoms with Crippen LogP contribution in [0.1, 0.15) is 25.5 Å². The number of nitrogens with zero attached hydrogens (tertiary/aromatic N) is 4. The molecular weight excluding hydrogens is 440 g/mol. The van der Waals surface area contributed by atoms with Crippen LogP contribution in [-0.4, -0.2) is 46.1 Å². The zero-order chi connectivity index (χ0) is 21.8. The number of carbonyl (C=O) groups excluding carboxylic acids is 1. The second-order valence-electron chi connectivity index (χ2n) is 6.81. The molecule has 0 radical (unpaired) electrons. The first-order valence-corrected chi connectivity index (χ1v) is 12.0. The van der Waals surface area contributed by atoms with Crippen molar-refractivity contribution in [2.75, 3.05) is 16.6 Å². The fraction of sp³-hybridized carbons (Fsp3) is 0.316. The minimum absolute atomic E-state index is 0.0203. The van der Waals surface area contributed by atoms with E-state index in [0.29, 0.717) is 47.5 Å². The lowest BCUT2D eigenvalue weighted by molar-refractivity contribution is -0.115. The summed E-state index contributed by atoms with van der Waals surface area (Å²) in [7, 11) is -3.37. The molecule has 1 amide bonds. The Morgan fingerprint density at radius 2 is 2.10 bits per heavy atom. The number of ether oxygens (including phenoxy) is 1. The lowest BCUT2D eigenvalue weighted by Crippen LogP contribution is -2.18. The molecule has 31 heavy (non-hydrogen) atoms. The van der Waals surface area contributed by atoms with Crippen molar-refractivity contribution in [3.8, 4) is 16.5 Å². The Bertz CT molecular complexity index is 1190. The van der Waals surface area contributed by atoms with Crippen molar-refractivity contribution >= 4 is 38.1 Å². The first-order valence-electron chi connectivity index (χ1n) is 9.60. The third kappa shape index (κ3) is 5.52. The van der Waals surface area contributed by atoms with Crippen LogP contribution in [0.2, 0.25) is 0 Å². The van der Waals surface area contributed by atoms with Gasteiger partial charge in [-0.1, -0.05) is 11.3 Å². The van der Waals surface area contributed by atoms with Gasteiger partial charge in [0.1, 0.15) is 5.69 Å². The highest BCUT2D eigenvalue weighted by atomic mass is 32.2. The van der Waals surface area contributed by atoms with Crippen LogP contribution in [0.25, 0.3) is 10.6 Å². The molecule has 3 aromatic heterocycles. The van der Waals surface area contributed by atoms with Crippen LogP contribution >= 0.6 is 11.3 Å². The number of amides is 1. The second kappa shape index (κ2) is 8.94. The van der Waals surface area contributed by atoms with Crippen LogP contribution in [0.4, 0.5) is 10.8 Å². The van der Waals surface area contributed by atoms with Gasteiger partial charge in [-0.15, -0.1) is 0 Å². The summed E-state index contributed by atoms with van der Waals surface area (Å²) in [5, 5.41) is 2.81. The van der Waals surface area contributed by atoms with Gasteiger partial charge in [0.2, 0.25) is 21.8 Å². The number of pyridine rings is 1. The molecule has 0 unspecified atom stereocenters. The predicted octanol–water partition coefficient (Wildman–Crippen LogP) is 2.48. The lowest BCUT2D eigenvalue weighted by atomic mass is 10.2. The van der Waals surface area contributed by atoms with Gasteiger partial charge >= 0.3 is 0 Å². The number of anilines is 2. The van der Waals surface area contributed by atoms with Gasteiger partial charge in [-0.2, -0.15) is 0 Å². The van der Waals surface area contributed by atoms with Gasteiger partial charge in [0, 0.05) is 12.4 Å². The van der Waals surface area contributed by atoms with E-state index in [1.165, 1.54) is 23.7 Å². The van der Waals surface area contributed by atoms with E-state index in [4.69, 9.17) is 4.74 Å². The number of carbonyl (C=O) groups is 1. The molecule has 1 aliphatic rings. The number of nitrogens with one attached hydrogen (secondary N) is 2. The van der Waals surface area contributed by atoms with Crippen LogP contribution in [0, 0.1) is 0 Å². The maximum atomic E-state index is 12.4. The van der Waals surface area contributed by atoms with Crippen LogP contribution in [0.3, 0.4) is 0 Å². The maximum absolute atomic E-state index is 12.4. The minimum atomic E-state index is -3.37. The molecule has 12 heteroatoms. The number of rotatable bonds is 9. The quantitative estimate of drug-likeness (QED) is 0.497. The summed E-state index contributed by atoms with van der Waals surface area (Å²) in [6.45, 7) is 2.35. The van der Waals surface area contributed by atoms with E-state index in [0.717, 1.165) is 4.88 Å². The summed E-state index contributed by atoms with van der Waals surface area (Å²) < 4.78 is 32.1.